The SMILES string of the molecule is COc1ccc(CCC(=O)NCCc2cn3ccc(C)cc3n2)cc1. The lowest BCUT2D eigenvalue weighted by Gasteiger charge is -2.05. The molecule has 130 valence electrons. The number of hydrogen-bond acceptors (Lipinski definition) is 3. The number of fused-ring (bicyclic) bond motifs is 1. The largest absolute Gasteiger partial charge is 0.497 e. The third kappa shape index (κ3) is 4.59. The Balaban J connectivity index is 1.43. The molecule has 5 heteroatoms. The van der Waals surface area contributed by atoms with Crippen LogP contribution in [0.25, 0.3) is 5.65 Å². The predicted molar refractivity (Wildman–Crippen MR) is 98.0 cm³/mol. The van der Waals surface area contributed by atoms with Crippen molar-refractivity contribution in [2.45, 2.75) is 26.2 Å². The summed E-state index contributed by atoms with van der Waals surface area (Å²) in [6, 6.07) is 11.9. The molecular weight excluding hydrogens is 314 g/mol. The second-order valence-corrected chi connectivity index (χ2v) is 6.15. The van der Waals surface area contributed by atoms with E-state index < -0.39 is 0 Å². The fourth-order valence-corrected chi connectivity index (χ4v) is 2.73. The highest BCUT2D eigenvalue weighted by Crippen LogP contribution is 2.12. The zero-order valence-corrected chi connectivity index (χ0v) is 14.7. The summed E-state index contributed by atoms with van der Waals surface area (Å²) in [6.45, 7) is 2.65. The Morgan fingerprint density at radius 1 is 1.20 bits per heavy atom. The van der Waals surface area contributed by atoms with Crippen LogP contribution in [0.15, 0.2) is 48.8 Å². The van der Waals surface area contributed by atoms with E-state index in [9.17, 15) is 4.79 Å². The lowest BCUT2D eigenvalue weighted by Crippen LogP contribution is -2.25. The van der Waals surface area contributed by atoms with Crippen molar-refractivity contribution in [3.63, 3.8) is 0 Å². The van der Waals surface area contributed by atoms with Crippen molar-refractivity contribution < 1.29 is 9.53 Å². The molecule has 1 N–H and O–H groups in total. The first-order valence-electron chi connectivity index (χ1n) is 8.48. The highest BCUT2D eigenvalue weighted by Gasteiger charge is 2.05. The smallest absolute Gasteiger partial charge is 0.220 e. The minimum absolute atomic E-state index is 0.0652. The Labute approximate surface area is 147 Å². The number of carbonyl (C=O) groups excluding carboxylic acids is 1. The molecule has 0 aliphatic rings. The standard InChI is InChI=1S/C20H23N3O2/c1-15-10-12-23-14-17(22-19(23)13-15)9-11-21-20(24)8-5-16-3-6-18(25-2)7-4-16/h3-4,6-7,10,12-14H,5,8-9,11H2,1-2H3,(H,21,24). The maximum absolute atomic E-state index is 12.0. The van der Waals surface area contributed by atoms with Gasteiger partial charge in [-0.25, -0.2) is 4.98 Å². The summed E-state index contributed by atoms with van der Waals surface area (Å²) in [5, 5.41) is 2.97. The minimum atomic E-state index is 0.0652. The second kappa shape index (κ2) is 7.83. The summed E-state index contributed by atoms with van der Waals surface area (Å²) in [6.07, 6.45) is 5.96. The van der Waals surface area contributed by atoms with Gasteiger partial charge in [0.1, 0.15) is 11.4 Å². The lowest BCUT2D eigenvalue weighted by molar-refractivity contribution is -0.121. The van der Waals surface area contributed by atoms with Crippen LogP contribution in [0.3, 0.4) is 0 Å². The molecule has 0 saturated heterocycles. The normalized spacial score (nSPS) is 10.8. The third-order valence-electron chi connectivity index (χ3n) is 4.17. The molecule has 0 saturated carbocycles. The first-order valence-corrected chi connectivity index (χ1v) is 8.48. The molecular formula is C20H23N3O2. The minimum Gasteiger partial charge on any atom is -0.497 e. The number of carbonyl (C=O) groups is 1. The Hall–Kier alpha value is -2.82. The number of pyridine rings is 1. The number of nitrogens with one attached hydrogen (secondary N) is 1. The molecule has 0 fully saturated rings. The van der Waals surface area contributed by atoms with E-state index in [0.717, 1.165) is 35.5 Å². The van der Waals surface area contributed by atoms with Gasteiger partial charge >= 0.3 is 0 Å². The number of aryl methyl sites for hydroxylation is 2. The van der Waals surface area contributed by atoms with Crippen LogP contribution in [0.4, 0.5) is 0 Å². The van der Waals surface area contributed by atoms with Gasteiger partial charge in [-0.2, -0.15) is 0 Å². The number of imidazole rings is 1. The van der Waals surface area contributed by atoms with Gasteiger partial charge in [0.15, 0.2) is 0 Å². The number of nitrogens with zero attached hydrogens (tertiary/aromatic N) is 2. The van der Waals surface area contributed by atoms with Crippen LogP contribution in [-0.4, -0.2) is 28.9 Å². The molecule has 2 heterocycles. The molecule has 1 aromatic carbocycles. The molecule has 25 heavy (non-hydrogen) atoms. The molecule has 1 amide bonds. The van der Waals surface area contributed by atoms with Gasteiger partial charge in [-0.15, -0.1) is 0 Å². The van der Waals surface area contributed by atoms with E-state index in [1.54, 1.807) is 7.11 Å². The maximum atomic E-state index is 12.0. The average molecular weight is 337 g/mol. The van der Waals surface area contributed by atoms with Crippen LogP contribution < -0.4 is 10.1 Å². The monoisotopic (exact) mass is 337 g/mol. The van der Waals surface area contributed by atoms with Crippen LogP contribution >= 0.6 is 0 Å². The first-order chi connectivity index (χ1) is 12.1. The van der Waals surface area contributed by atoms with Gasteiger partial charge < -0.3 is 14.5 Å². The summed E-state index contributed by atoms with van der Waals surface area (Å²) < 4.78 is 7.14. The summed E-state index contributed by atoms with van der Waals surface area (Å²) in [5.74, 6) is 0.895. The highest BCUT2D eigenvalue weighted by atomic mass is 16.5. The number of rotatable bonds is 7. The van der Waals surface area contributed by atoms with Gasteiger partial charge in [-0.3, -0.25) is 4.79 Å². The molecule has 0 aliphatic carbocycles. The molecule has 0 bridgehead atoms. The van der Waals surface area contributed by atoms with Gasteiger partial charge in [0, 0.05) is 31.8 Å². The Kier molecular flexibility index (Phi) is 5.33. The molecule has 0 unspecified atom stereocenters. The summed E-state index contributed by atoms with van der Waals surface area (Å²) in [7, 11) is 1.65. The number of amides is 1. The van der Waals surface area contributed by atoms with Crippen LogP contribution in [0, 0.1) is 6.92 Å². The molecule has 0 radical (unpaired) electrons. The molecule has 0 aliphatic heterocycles. The number of ether oxygens (including phenoxy) is 1. The van der Waals surface area contributed by atoms with Gasteiger partial charge in [0.2, 0.25) is 5.91 Å². The predicted octanol–water partition coefficient (Wildman–Crippen LogP) is 2.94. The van der Waals surface area contributed by atoms with Crippen molar-refractivity contribution >= 4 is 11.6 Å². The van der Waals surface area contributed by atoms with Crippen LogP contribution in [0.1, 0.15) is 23.2 Å². The van der Waals surface area contributed by atoms with Crippen molar-refractivity contribution in [2.75, 3.05) is 13.7 Å². The first kappa shape index (κ1) is 17.0. The molecule has 3 rings (SSSR count). The second-order valence-electron chi connectivity index (χ2n) is 6.15. The zero-order valence-electron chi connectivity index (χ0n) is 14.7. The Morgan fingerprint density at radius 2 is 2.00 bits per heavy atom. The maximum Gasteiger partial charge on any atom is 0.220 e. The lowest BCUT2D eigenvalue weighted by atomic mass is 10.1. The molecule has 0 spiro atoms. The molecule has 2 aromatic heterocycles. The quantitative estimate of drug-likeness (QED) is 0.721. The van der Waals surface area contributed by atoms with Gasteiger partial charge in [0.05, 0.1) is 12.8 Å². The van der Waals surface area contributed by atoms with Crippen molar-refractivity contribution in [1.29, 1.82) is 0 Å². The van der Waals surface area contributed by atoms with E-state index in [2.05, 4.69) is 29.4 Å². The Bertz CT molecular complexity index is 853. The summed E-state index contributed by atoms with van der Waals surface area (Å²) >= 11 is 0. The summed E-state index contributed by atoms with van der Waals surface area (Å²) in [4.78, 5) is 16.6. The van der Waals surface area contributed by atoms with Crippen LogP contribution in [0.5, 0.6) is 5.75 Å². The van der Waals surface area contributed by atoms with Crippen molar-refractivity contribution in [1.82, 2.24) is 14.7 Å². The van der Waals surface area contributed by atoms with Crippen molar-refractivity contribution in [2.24, 2.45) is 0 Å². The molecule has 5 nitrogen and oxygen atoms in total. The number of benzene rings is 1. The van der Waals surface area contributed by atoms with E-state index in [-0.39, 0.29) is 5.91 Å². The van der Waals surface area contributed by atoms with E-state index in [1.165, 1.54) is 5.56 Å². The summed E-state index contributed by atoms with van der Waals surface area (Å²) in [5.41, 5.74) is 4.25. The molecule has 0 atom stereocenters. The van der Waals surface area contributed by atoms with Gasteiger partial charge in [-0.1, -0.05) is 12.1 Å². The van der Waals surface area contributed by atoms with E-state index in [1.807, 2.05) is 41.1 Å². The fourth-order valence-electron chi connectivity index (χ4n) is 2.73. The molecule has 3 aromatic rings. The van der Waals surface area contributed by atoms with Gasteiger partial charge in [0.25, 0.3) is 0 Å². The van der Waals surface area contributed by atoms with Gasteiger partial charge in [-0.05, 0) is 48.7 Å². The van der Waals surface area contributed by atoms with Crippen LogP contribution in [0.2, 0.25) is 0 Å². The highest BCUT2D eigenvalue weighted by molar-refractivity contribution is 5.76. The third-order valence-corrected chi connectivity index (χ3v) is 4.17. The van der Waals surface area contributed by atoms with Crippen molar-refractivity contribution in [3.05, 3.63) is 65.6 Å². The van der Waals surface area contributed by atoms with Crippen LogP contribution in [-0.2, 0) is 17.6 Å². The fraction of sp³-hybridized carbons (Fsp3) is 0.300. The Morgan fingerprint density at radius 3 is 2.76 bits per heavy atom. The topological polar surface area (TPSA) is 55.6 Å². The zero-order chi connectivity index (χ0) is 17.6. The average Bonchev–Trinajstić information content (AvgIpc) is 3.02. The number of methoxy groups -OCH3 is 1. The number of hydrogen-bond donors (Lipinski definition) is 1. The van der Waals surface area contributed by atoms with E-state index in [0.29, 0.717) is 13.0 Å². The van der Waals surface area contributed by atoms with Crippen molar-refractivity contribution in [3.8, 4) is 5.75 Å². The van der Waals surface area contributed by atoms with E-state index in [4.69, 9.17) is 4.74 Å². The van der Waals surface area contributed by atoms with E-state index >= 15 is 0 Å². The number of aromatic nitrogens is 2.